The quantitative estimate of drug-likeness (QED) is 0.815. The zero-order chi connectivity index (χ0) is 13.0. The maximum absolute atomic E-state index is 13.5. The summed E-state index contributed by atoms with van der Waals surface area (Å²) in [7, 11) is 1.62. The Bertz CT molecular complexity index is 543. The van der Waals surface area contributed by atoms with E-state index in [0.717, 1.165) is 11.3 Å². The molecule has 0 aliphatic carbocycles. The van der Waals surface area contributed by atoms with Crippen molar-refractivity contribution >= 4 is 11.4 Å². The van der Waals surface area contributed by atoms with Gasteiger partial charge in [0.15, 0.2) is 0 Å². The molecule has 3 N–H and O–H groups in total. The average Bonchev–Trinajstić information content (AvgIpc) is 2.38. The number of halogens is 1. The minimum absolute atomic E-state index is 0.349. The van der Waals surface area contributed by atoms with Crippen LogP contribution >= 0.6 is 0 Å². The van der Waals surface area contributed by atoms with Gasteiger partial charge in [0.25, 0.3) is 0 Å². The lowest BCUT2D eigenvalue weighted by Gasteiger charge is -2.09. The molecule has 4 heteroatoms. The zero-order valence-corrected chi connectivity index (χ0v) is 10.1. The van der Waals surface area contributed by atoms with E-state index in [1.54, 1.807) is 19.2 Å². The smallest absolute Gasteiger partial charge is 0.148 e. The van der Waals surface area contributed by atoms with Gasteiger partial charge in [0, 0.05) is 12.2 Å². The van der Waals surface area contributed by atoms with Crippen molar-refractivity contribution in [2.24, 2.45) is 0 Å². The van der Waals surface area contributed by atoms with Gasteiger partial charge in [-0.25, -0.2) is 4.39 Å². The van der Waals surface area contributed by atoms with Gasteiger partial charge in [-0.1, -0.05) is 12.1 Å². The summed E-state index contributed by atoms with van der Waals surface area (Å²) in [5.41, 5.74) is 7.36. The number of nitrogens with two attached hydrogens (primary N) is 1. The van der Waals surface area contributed by atoms with Crippen molar-refractivity contribution in [2.45, 2.75) is 6.54 Å². The Morgan fingerprint density at radius 1 is 1.22 bits per heavy atom. The van der Waals surface area contributed by atoms with Crippen molar-refractivity contribution in [3.8, 4) is 5.75 Å². The van der Waals surface area contributed by atoms with Crippen LogP contribution in [0.4, 0.5) is 15.8 Å². The highest BCUT2D eigenvalue weighted by atomic mass is 19.1. The Hall–Kier alpha value is -2.23. The van der Waals surface area contributed by atoms with E-state index < -0.39 is 0 Å². The molecule has 0 unspecified atom stereocenters. The maximum atomic E-state index is 13.5. The second-order valence-electron chi connectivity index (χ2n) is 3.94. The van der Waals surface area contributed by atoms with E-state index in [2.05, 4.69) is 5.32 Å². The highest BCUT2D eigenvalue weighted by Gasteiger charge is 2.02. The molecule has 0 aliphatic heterocycles. The van der Waals surface area contributed by atoms with Gasteiger partial charge in [-0.15, -0.1) is 0 Å². The summed E-state index contributed by atoms with van der Waals surface area (Å²) in [5, 5.41) is 3.02. The highest BCUT2D eigenvalue weighted by Crippen LogP contribution is 2.19. The molecule has 0 radical (unpaired) electrons. The summed E-state index contributed by atoms with van der Waals surface area (Å²) >= 11 is 0. The van der Waals surface area contributed by atoms with Crippen LogP contribution in [-0.2, 0) is 6.54 Å². The third-order valence-electron chi connectivity index (χ3n) is 2.61. The van der Waals surface area contributed by atoms with Gasteiger partial charge in [-0.3, -0.25) is 0 Å². The highest BCUT2D eigenvalue weighted by molar-refractivity contribution is 5.52. The topological polar surface area (TPSA) is 47.3 Å². The first kappa shape index (κ1) is 12.2. The fraction of sp³-hybridized carbons (Fsp3) is 0.143. The van der Waals surface area contributed by atoms with Gasteiger partial charge < -0.3 is 15.8 Å². The van der Waals surface area contributed by atoms with Crippen LogP contribution in [0.2, 0.25) is 0 Å². The Morgan fingerprint density at radius 3 is 2.78 bits per heavy atom. The van der Waals surface area contributed by atoms with Gasteiger partial charge in [-0.05, 0) is 35.9 Å². The number of hydrogen-bond donors (Lipinski definition) is 2. The van der Waals surface area contributed by atoms with Crippen LogP contribution in [0.25, 0.3) is 0 Å². The van der Waals surface area contributed by atoms with Crippen LogP contribution in [-0.4, -0.2) is 7.11 Å². The summed E-state index contributed by atoms with van der Waals surface area (Å²) in [6, 6.07) is 12.2. The first-order valence-electron chi connectivity index (χ1n) is 5.61. The van der Waals surface area contributed by atoms with Crippen LogP contribution in [0.1, 0.15) is 5.56 Å². The predicted molar refractivity (Wildman–Crippen MR) is 71.1 cm³/mol. The number of methoxy groups -OCH3 is 1. The summed E-state index contributed by atoms with van der Waals surface area (Å²) in [4.78, 5) is 0. The van der Waals surface area contributed by atoms with E-state index in [-0.39, 0.29) is 5.82 Å². The molecule has 94 valence electrons. The summed E-state index contributed by atoms with van der Waals surface area (Å²) < 4.78 is 18.7. The number of nitrogens with one attached hydrogen (secondary N) is 1. The van der Waals surface area contributed by atoms with E-state index in [1.165, 1.54) is 6.07 Å². The lowest BCUT2D eigenvalue weighted by atomic mass is 10.2. The molecule has 0 atom stereocenters. The van der Waals surface area contributed by atoms with Crippen molar-refractivity contribution in [2.75, 3.05) is 18.2 Å². The Kier molecular flexibility index (Phi) is 3.67. The third-order valence-corrected chi connectivity index (χ3v) is 2.61. The Morgan fingerprint density at radius 2 is 2.06 bits per heavy atom. The van der Waals surface area contributed by atoms with E-state index in [9.17, 15) is 4.39 Å². The van der Waals surface area contributed by atoms with Crippen LogP contribution in [0, 0.1) is 5.82 Å². The molecule has 0 aliphatic rings. The van der Waals surface area contributed by atoms with Gasteiger partial charge in [0.1, 0.15) is 11.6 Å². The van der Waals surface area contributed by atoms with Gasteiger partial charge in [-0.2, -0.15) is 0 Å². The third kappa shape index (κ3) is 2.91. The van der Waals surface area contributed by atoms with Crippen molar-refractivity contribution < 1.29 is 9.13 Å². The lowest BCUT2D eigenvalue weighted by Crippen LogP contribution is -2.02. The average molecular weight is 246 g/mol. The second-order valence-corrected chi connectivity index (χ2v) is 3.94. The Balaban J connectivity index is 2.06. The number of nitrogen functional groups attached to an aromatic ring is 1. The molecule has 0 aromatic heterocycles. The lowest BCUT2D eigenvalue weighted by molar-refractivity contribution is 0.414. The van der Waals surface area contributed by atoms with Gasteiger partial charge in [0.2, 0.25) is 0 Å². The van der Waals surface area contributed by atoms with Crippen molar-refractivity contribution in [1.29, 1.82) is 0 Å². The number of rotatable bonds is 4. The molecule has 2 rings (SSSR count). The molecular weight excluding hydrogens is 231 g/mol. The van der Waals surface area contributed by atoms with Crippen molar-refractivity contribution in [1.82, 2.24) is 0 Å². The largest absolute Gasteiger partial charge is 0.497 e. The molecule has 18 heavy (non-hydrogen) atoms. The fourth-order valence-corrected chi connectivity index (χ4v) is 1.65. The monoisotopic (exact) mass is 246 g/mol. The number of benzene rings is 2. The SMILES string of the molecule is COc1cccc(CNc2ccc(N)cc2F)c1. The van der Waals surface area contributed by atoms with Crippen molar-refractivity contribution in [3.63, 3.8) is 0 Å². The molecule has 0 fully saturated rings. The normalized spacial score (nSPS) is 10.1. The molecule has 0 spiro atoms. The van der Waals surface area contributed by atoms with Crippen LogP contribution in [0.5, 0.6) is 5.75 Å². The molecule has 3 nitrogen and oxygen atoms in total. The molecule has 0 saturated heterocycles. The standard InChI is InChI=1S/C14H15FN2O/c1-18-12-4-2-3-10(7-12)9-17-14-6-5-11(16)8-13(14)15/h2-8,17H,9,16H2,1H3. The van der Waals surface area contributed by atoms with Crippen molar-refractivity contribution in [3.05, 3.63) is 53.8 Å². The van der Waals surface area contributed by atoms with Gasteiger partial charge >= 0.3 is 0 Å². The van der Waals surface area contributed by atoms with Crippen LogP contribution in [0.3, 0.4) is 0 Å². The maximum Gasteiger partial charge on any atom is 0.148 e. The van der Waals surface area contributed by atoms with Gasteiger partial charge in [0.05, 0.1) is 12.8 Å². The zero-order valence-electron chi connectivity index (χ0n) is 10.1. The van der Waals surface area contributed by atoms with Crippen LogP contribution in [0.15, 0.2) is 42.5 Å². The minimum Gasteiger partial charge on any atom is -0.497 e. The molecular formula is C14H15FN2O. The van der Waals surface area contributed by atoms with E-state index in [1.807, 2.05) is 24.3 Å². The van der Waals surface area contributed by atoms with E-state index in [0.29, 0.717) is 17.9 Å². The molecule has 2 aromatic rings. The minimum atomic E-state index is -0.349. The number of ether oxygens (including phenoxy) is 1. The number of anilines is 2. The molecule has 0 saturated carbocycles. The number of hydrogen-bond acceptors (Lipinski definition) is 3. The summed E-state index contributed by atoms with van der Waals surface area (Å²) in [5.74, 6) is 0.435. The molecule has 0 bridgehead atoms. The Labute approximate surface area is 105 Å². The summed E-state index contributed by atoms with van der Waals surface area (Å²) in [6.07, 6.45) is 0. The van der Waals surface area contributed by atoms with E-state index >= 15 is 0 Å². The molecule has 0 amide bonds. The summed E-state index contributed by atoms with van der Waals surface area (Å²) in [6.45, 7) is 0.526. The fourth-order valence-electron chi connectivity index (χ4n) is 1.65. The molecule has 2 aromatic carbocycles. The second kappa shape index (κ2) is 5.40. The predicted octanol–water partition coefficient (Wildman–Crippen LogP) is 3.03. The first-order valence-corrected chi connectivity index (χ1v) is 5.61. The van der Waals surface area contributed by atoms with E-state index in [4.69, 9.17) is 10.5 Å². The van der Waals surface area contributed by atoms with Crippen LogP contribution < -0.4 is 15.8 Å². The molecule has 0 heterocycles. The first-order chi connectivity index (χ1) is 8.69.